The first-order valence-corrected chi connectivity index (χ1v) is 10.7. The number of hydrogen-bond donors (Lipinski definition) is 1. The van der Waals surface area contributed by atoms with E-state index in [1.807, 2.05) is 0 Å². The minimum atomic E-state index is -3.33. The predicted molar refractivity (Wildman–Crippen MR) is 95.1 cm³/mol. The summed E-state index contributed by atoms with van der Waals surface area (Å²) in [4.78, 5) is 14.3. The molecule has 0 unspecified atom stereocenters. The number of nitrogens with one attached hydrogen (secondary N) is 1. The number of amides is 2. The van der Waals surface area contributed by atoms with Gasteiger partial charge in [-0.25, -0.2) is 13.2 Å². The maximum atomic E-state index is 12.4. The molecule has 0 spiro atoms. The SMILES string of the molecule is O=C(NCCOC1CCCCC1)N1CCS(=O)(=O)c2ccccc2C1. The molecular weight excluding hydrogens is 340 g/mol. The zero-order chi connectivity index (χ0) is 17.7. The summed E-state index contributed by atoms with van der Waals surface area (Å²) in [6.45, 7) is 1.45. The van der Waals surface area contributed by atoms with Crippen LogP contribution in [0.1, 0.15) is 37.7 Å². The number of sulfone groups is 1. The number of fused-ring (bicyclic) bond motifs is 1. The number of carbonyl (C=O) groups is 1. The van der Waals surface area contributed by atoms with Crippen LogP contribution in [0.25, 0.3) is 0 Å². The molecule has 1 aliphatic carbocycles. The highest BCUT2D eigenvalue weighted by Crippen LogP contribution is 2.22. The van der Waals surface area contributed by atoms with Crippen LogP contribution in [0.4, 0.5) is 4.79 Å². The third-order valence-corrected chi connectivity index (χ3v) is 6.66. The van der Waals surface area contributed by atoms with E-state index in [1.165, 1.54) is 19.3 Å². The average molecular weight is 366 g/mol. The van der Waals surface area contributed by atoms with Crippen molar-refractivity contribution in [1.82, 2.24) is 10.2 Å². The largest absolute Gasteiger partial charge is 0.376 e. The molecule has 1 aromatic carbocycles. The lowest BCUT2D eigenvalue weighted by atomic mass is 9.98. The lowest BCUT2D eigenvalue weighted by molar-refractivity contribution is 0.0307. The van der Waals surface area contributed by atoms with Gasteiger partial charge in [-0.2, -0.15) is 0 Å². The maximum Gasteiger partial charge on any atom is 0.317 e. The summed E-state index contributed by atoms with van der Waals surface area (Å²) in [6.07, 6.45) is 6.26. The highest BCUT2D eigenvalue weighted by molar-refractivity contribution is 7.91. The standard InChI is InChI=1S/C18H26N2O4S/c21-18(19-10-12-24-16-7-2-1-3-8-16)20-11-13-25(22,23)17-9-5-4-6-15(17)14-20/h4-6,9,16H,1-3,7-8,10-14H2,(H,19,21). The number of ether oxygens (including phenoxy) is 1. The minimum Gasteiger partial charge on any atom is -0.376 e. The first kappa shape index (κ1) is 18.2. The second kappa shape index (κ2) is 8.19. The van der Waals surface area contributed by atoms with Crippen molar-refractivity contribution in [3.05, 3.63) is 29.8 Å². The van der Waals surface area contributed by atoms with Crippen molar-refractivity contribution in [2.75, 3.05) is 25.4 Å². The van der Waals surface area contributed by atoms with Crippen LogP contribution < -0.4 is 5.32 Å². The van der Waals surface area contributed by atoms with E-state index in [0.29, 0.717) is 36.3 Å². The zero-order valence-corrected chi connectivity index (χ0v) is 15.3. The van der Waals surface area contributed by atoms with Crippen molar-refractivity contribution < 1.29 is 17.9 Å². The van der Waals surface area contributed by atoms with Crippen molar-refractivity contribution in [1.29, 1.82) is 0 Å². The lowest BCUT2D eigenvalue weighted by Crippen LogP contribution is -2.42. The molecule has 0 saturated heterocycles. The predicted octanol–water partition coefficient (Wildman–Crippen LogP) is 2.33. The molecule has 0 atom stereocenters. The molecule has 1 fully saturated rings. The molecule has 7 heteroatoms. The Balaban J connectivity index is 1.51. The fraction of sp³-hybridized carbons (Fsp3) is 0.611. The quantitative estimate of drug-likeness (QED) is 0.830. The van der Waals surface area contributed by atoms with Crippen molar-refractivity contribution in [2.45, 2.75) is 49.6 Å². The summed E-state index contributed by atoms with van der Waals surface area (Å²) in [6, 6.07) is 6.66. The molecule has 0 aromatic heterocycles. The number of carbonyl (C=O) groups excluding carboxylic acids is 1. The number of nitrogens with zero attached hydrogens (tertiary/aromatic N) is 1. The number of rotatable bonds is 4. The molecule has 1 N–H and O–H groups in total. The van der Waals surface area contributed by atoms with Gasteiger partial charge in [-0.1, -0.05) is 37.5 Å². The lowest BCUT2D eigenvalue weighted by Gasteiger charge is -2.23. The Kier molecular flexibility index (Phi) is 5.96. The van der Waals surface area contributed by atoms with Gasteiger partial charge >= 0.3 is 6.03 Å². The Bertz CT molecular complexity index is 699. The highest BCUT2D eigenvalue weighted by Gasteiger charge is 2.27. The molecule has 1 heterocycles. The van der Waals surface area contributed by atoms with Gasteiger partial charge in [-0.3, -0.25) is 0 Å². The normalized spacial score (nSPS) is 20.6. The minimum absolute atomic E-state index is 0.0456. The molecule has 1 aromatic rings. The molecule has 138 valence electrons. The van der Waals surface area contributed by atoms with E-state index in [9.17, 15) is 13.2 Å². The number of hydrogen-bond acceptors (Lipinski definition) is 4. The van der Waals surface area contributed by atoms with Gasteiger partial charge in [0, 0.05) is 19.6 Å². The molecule has 6 nitrogen and oxygen atoms in total. The Hall–Kier alpha value is -1.60. The van der Waals surface area contributed by atoms with Gasteiger partial charge in [-0.05, 0) is 24.5 Å². The molecule has 25 heavy (non-hydrogen) atoms. The van der Waals surface area contributed by atoms with E-state index in [4.69, 9.17) is 4.74 Å². The van der Waals surface area contributed by atoms with E-state index in [-0.39, 0.29) is 18.3 Å². The summed E-state index contributed by atoms with van der Waals surface area (Å²) >= 11 is 0. The molecule has 2 amide bonds. The second-order valence-electron chi connectivity index (χ2n) is 6.71. The van der Waals surface area contributed by atoms with Gasteiger partial charge in [-0.15, -0.1) is 0 Å². The topological polar surface area (TPSA) is 75.7 Å². The summed E-state index contributed by atoms with van der Waals surface area (Å²) in [7, 11) is -3.33. The molecular formula is C18H26N2O4S. The van der Waals surface area contributed by atoms with Gasteiger partial charge < -0.3 is 15.0 Å². The Labute approximate surface area is 149 Å². The van der Waals surface area contributed by atoms with Gasteiger partial charge in [0.05, 0.1) is 23.4 Å². The van der Waals surface area contributed by atoms with Gasteiger partial charge in [0.15, 0.2) is 9.84 Å². The fourth-order valence-corrected chi connectivity index (χ4v) is 4.96. The van der Waals surface area contributed by atoms with Crippen molar-refractivity contribution in [3.8, 4) is 0 Å². The maximum absolute atomic E-state index is 12.4. The molecule has 0 radical (unpaired) electrons. The smallest absolute Gasteiger partial charge is 0.317 e. The molecule has 1 aliphatic heterocycles. The monoisotopic (exact) mass is 366 g/mol. The fourth-order valence-electron chi connectivity index (χ4n) is 3.46. The van der Waals surface area contributed by atoms with Crippen LogP contribution in [-0.4, -0.2) is 50.9 Å². The van der Waals surface area contributed by atoms with Gasteiger partial charge in [0.25, 0.3) is 0 Å². The molecule has 0 bridgehead atoms. The first-order valence-electron chi connectivity index (χ1n) is 9.01. The van der Waals surface area contributed by atoms with E-state index in [1.54, 1.807) is 29.2 Å². The van der Waals surface area contributed by atoms with E-state index in [0.717, 1.165) is 12.8 Å². The zero-order valence-electron chi connectivity index (χ0n) is 14.4. The van der Waals surface area contributed by atoms with Crippen LogP contribution >= 0.6 is 0 Å². The third-order valence-electron chi connectivity index (χ3n) is 4.87. The Morgan fingerprint density at radius 1 is 1.20 bits per heavy atom. The highest BCUT2D eigenvalue weighted by atomic mass is 32.2. The first-order chi connectivity index (χ1) is 12.1. The van der Waals surface area contributed by atoms with Crippen LogP contribution in [-0.2, 0) is 21.1 Å². The summed E-state index contributed by atoms with van der Waals surface area (Å²) in [5, 5.41) is 2.85. The molecule has 1 saturated carbocycles. The van der Waals surface area contributed by atoms with Crippen molar-refractivity contribution in [2.24, 2.45) is 0 Å². The third kappa shape index (κ3) is 4.73. The Morgan fingerprint density at radius 2 is 1.96 bits per heavy atom. The summed E-state index contributed by atoms with van der Waals surface area (Å²) in [5.74, 6) is -0.0456. The van der Waals surface area contributed by atoms with Crippen molar-refractivity contribution >= 4 is 15.9 Å². The summed E-state index contributed by atoms with van der Waals surface area (Å²) in [5.41, 5.74) is 0.675. The number of benzene rings is 1. The second-order valence-corrected chi connectivity index (χ2v) is 8.79. The van der Waals surface area contributed by atoms with E-state index < -0.39 is 9.84 Å². The number of urea groups is 1. The van der Waals surface area contributed by atoms with Gasteiger partial charge in [0.1, 0.15) is 0 Å². The van der Waals surface area contributed by atoms with Crippen LogP contribution in [0, 0.1) is 0 Å². The van der Waals surface area contributed by atoms with Crippen LogP contribution in [0.5, 0.6) is 0 Å². The van der Waals surface area contributed by atoms with Gasteiger partial charge in [0.2, 0.25) is 0 Å². The van der Waals surface area contributed by atoms with Crippen LogP contribution in [0.15, 0.2) is 29.2 Å². The van der Waals surface area contributed by atoms with E-state index >= 15 is 0 Å². The average Bonchev–Trinajstić information content (AvgIpc) is 2.76. The van der Waals surface area contributed by atoms with E-state index in [2.05, 4.69) is 5.32 Å². The van der Waals surface area contributed by atoms with Crippen LogP contribution in [0.2, 0.25) is 0 Å². The Morgan fingerprint density at radius 3 is 2.76 bits per heavy atom. The van der Waals surface area contributed by atoms with Crippen LogP contribution in [0.3, 0.4) is 0 Å². The molecule has 3 rings (SSSR count). The van der Waals surface area contributed by atoms with Crippen molar-refractivity contribution in [3.63, 3.8) is 0 Å². The molecule has 2 aliphatic rings. The summed E-state index contributed by atoms with van der Waals surface area (Å²) < 4.78 is 30.4.